The minimum atomic E-state index is 0.856. The number of likely N-dealkylation sites (tertiary alicyclic amines) is 1. The zero-order valence-electron chi connectivity index (χ0n) is 12.0. The summed E-state index contributed by atoms with van der Waals surface area (Å²) in [5.74, 6) is 0. The third-order valence-corrected chi connectivity index (χ3v) is 4.10. The summed E-state index contributed by atoms with van der Waals surface area (Å²) >= 11 is 0. The maximum atomic E-state index is 4.52. The molecule has 0 spiro atoms. The fraction of sp³-hybridized carbons (Fsp3) is 0.471. The Labute approximate surface area is 121 Å². The average Bonchev–Trinajstić information content (AvgIpc) is 2.53. The van der Waals surface area contributed by atoms with Crippen molar-refractivity contribution in [3.05, 3.63) is 42.2 Å². The first-order valence-electron chi connectivity index (χ1n) is 7.69. The van der Waals surface area contributed by atoms with E-state index in [1.807, 2.05) is 6.20 Å². The van der Waals surface area contributed by atoms with Crippen LogP contribution in [0.3, 0.4) is 0 Å². The van der Waals surface area contributed by atoms with Gasteiger partial charge in [0.2, 0.25) is 0 Å². The van der Waals surface area contributed by atoms with Crippen LogP contribution in [0.25, 0.3) is 10.8 Å². The van der Waals surface area contributed by atoms with Crippen LogP contribution < -0.4 is 5.32 Å². The number of aromatic nitrogens is 1. The molecule has 3 rings (SSSR count). The molecule has 1 saturated heterocycles. The normalized spacial score (nSPS) is 16.6. The van der Waals surface area contributed by atoms with Crippen molar-refractivity contribution in [3.63, 3.8) is 0 Å². The zero-order chi connectivity index (χ0) is 13.6. The van der Waals surface area contributed by atoms with Gasteiger partial charge in [0, 0.05) is 31.2 Å². The maximum Gasteiger partial charge on any atom is 0.0619 e. The SMILES string of the molecule is c1ccc2c(CNCCN3CCCCC3)nccc2c1. The molecule has 0 saturated carbocycles. The number of pyridine rings is 1. The minimum absolute atomic E-state index is 0.856. The summed E-state index contributed by atoms with van der Waals surface area (Å²) in [7, 11) is 0. The van der Waals surface area contributed by atoms with E-state index in [4.69, 9.17) is 0 Å². The summed E-state index contributed by atoms with van der Waals surface area (Å²) in [5.41, 5.74) is 1.15. The highest BCUT2D eigenvalue weighted by Crippen LogP contribution is 2.15. The highest BCUT2D eigenvalue weighted by Gasteiger charge is 2.09. The van der Waals surface area contributed by atoms with Gasteiger partial charge >= 0.3 is 0 Å². The van der Waals surface area contributed by atoms with Gasteiger partial charge in [0.15, 0.2) is 0 Å². The molecular formula is C17H23N3. The molecule has 1 N–H and O–H groups in total. The fourth-order valence-electron chi connectivity index (χ4n) is 2.95. The van der Waals surface area contributed by atoms with E-state index in [-0.39, 0.29) is 0 Å². The van der Waals surface area contributed by atoms with Gasteiger partial charge in [-0.3, -0.25) is 4.98 Å². The van der Waals surface area contributed by atoms with E-state index >= 15 is 0 Å². The van der Waals surface area contributed by atoms with E-state index in [1.165, 1.54) is 43.1 Å². The van der Waals surface area contributed by atoms with Crippen LogP contribution in [0.1, 0.15) is 25.0 Å². The predicted molar refractivity (Wildman–Crippen MR) is 83.7 cm³/mol. The Bertz CT molecular complexity index is 541. The third-order valence-electron chi connectivity index (χ3n) is 4.10. The molecule has 20 heavy (non-hydrogen) atoms. The lowest BCUT2D eigenvalue weighted by atomic mass is 10.1. The molecule has 2 aromatic rings. The van der Waals surface area contributed by atoms with Crippen LogP contribution in [0.15, 0.2) is 36.5 Å². The predicted octanol–water partition coefficient (Wildman–Crippen LogP) is 2.81. The standard InChI is InChI=1S/C17H23N3/c1-4-11-20(12-5-1)13-10-18-14-17-16-7-3-2-6-15(16)8-9-19-17/h2-3,6-9,18H,1,4-5,10-14H2. The molecule has 3 nitrogen and oxygen atoms in total. The zero-order valence-corrected chi connectivity index (χ0v) is 12.0. The summed E-state index contributed by atoms with van der Waals surface area (Å²) < 4.78 is 0. The van der Waals surface area contributed by atoms with E-state index < -0.39 is 0 Å². The summed E-state index contributed by atoms with van der Waals surface area (Å²) in [5, 5.41) is 6.07. The maximum absolute atomic E-state index is 4.52. The highest BCUT2D eigenvalue weighted by atomic mass is 15.1. The van der Waals surface area contributed by atoms with Crippen molar-refractivity contribution in [2.24, 2.45) is 0 Å². The number of hydrogen-bond acceptors (Lipinski definition) is 3. The monoisotopic (exact) mass is 269 g/mol. The van der Waals surface area contributed by atoms with Gasteiger partial charge in [-0.05, 0) is 37.4 Å². The molecule has 1 aliphatic rings. The second-order valence-corrected chi connectivity index (χ2v) is 5.56. The van der Waals surface area contributed by atoms with Crippen LogP contribution in [0, 0.1) is 0 Å². The molecule has 0 amide bonds. The van der Waals surface area contributed by atoms with Gasteiger partial charge in [0.1, 0.15) is 0 Å². The Morgan fingerprint density at radius 3 is 2.80 bits per heavy atom. The Morgan fingerprint density at radius 1 is 1.05 bits per heavy atom. The van der Waals surface area contributed by atoms with Gasteiger partial charge in [0.05, 0.1) is 5.69 Å². The first-order valence-corrected chi connectivity index (χ1v) is 7.69. The molecule has 0 unspecified atom stereocenters. The molecule has 106 valence electrons. The van der Waals surface area contributed by atoms with E-state index in [1.54, 1.807) is 0 Å². The van der Waals surface area contributed by atoms with Crippen molar-refractivity contribution in [1.82, 2.24) is 15.2 Å². The molecule has 0 atom stereocenters. The van der Waals surface area contributed by atoms with Gasteiger partial charge in [-0.2, -0.15) is 0 Å². The molecule has 0 bridgehead atoms. The Morgan fingerprint density at radius 2 is 1.90 bits per heavy atom. The Balaban J connectivity index is 1.52. The van der Waals surface area contributed by atoms with Gasteiger partial charge in [-0.25, -0.2) is 0 Å². The first-order chi connectivity index (χ1) is 9.93. The second kappa shape index (κ2) is 6.82. The molecule has 0 radical (unpaired) electrons. The van der Waals surface area contributed by atoms with Crippen LogP contribution in [0.2, 0.25) is 0 Å². The van der Waals surface area contributed by atoms with Crippen molar-refractivity contribution < 1.29 is 0 Å². The summed E-state index contributed by atoms with van der Waals surface area (Å²) in [6, 6.07) is 10.5. The summed E-state index contributed by atoms with van der Waals surface area (Å²) in [6.45, 7) is 5.60. The Hall–Kier alpha value is -1.45. The molecule has 3 heteroatoms. The van der Waals surface area contributed by atoms with Crippen LogP contribution in [0.4, 0.5) is 0 Å². The largest absolute Gasteiger partial charge is 0.310 e. The van der Waals surface area contributed by atoms with Crippen LogP contribution in [-0.4, -0.2) is 36.1 Å². The Kier molecular flexibility index (Phi) is 4.61. The van der Waals surface area contributed by atoms with E-state index in [2.05, 4.69) is 45.5 Å². The number of rotatable bonds is 5. The quantitative estimate of drug-likeness (QED) is 0.846. The molecule has 1 aliphatic heterocycles. The van der Waals surface area contributed by atoms with Gasteiger partial charge in [-0.1, -0.05) is 30.7 Å². The van der Waals surface area contributed by atoms with Crippen molar-refractivity contribution in [2.75, 3.05) is 26.2 Å². The summed E-state index contributed by atoms with van der Waals surface area (Å²) in [6.07, 6.45) is 6.05. The second-order valence-electron chi connectivity index (χ2n) is 5.56. The van der Waals surface area contributed by atoms with E-state index in [9.17, 15) is 0 Å². The smallest absolute Gasteiger partial charge is 0.0619 e. The van der Waals surface area contributed by atoms with Crippen molar-refractivity contribution in [2.45, 2.75) is 25.8 Å². The lowest BCUT2D eigenvalue weighted by Gasteiger charge is -2.26. The number of benzene rings is 1. The molecule has 2 heterocycles. The van der Waals surface area contributed by atoms with E-state index in [0.717, 1.165) is 25.3 Å². The molecule has 1 aromatic carbocycles. The lowest BCUT2D eigenvalue weighted by Crippen LogP contribution is -2.35. The first kappa shape index (κ1) is 13.5. The van der Waals surface area contributed by atoms with Crippen LogP contribution in [-0.2, 0) is 6.54 Å². The summed E-state index contributed by atoms with van der Waals surface area (Å²) in [4.78, 5) is 7.08. The number of nitrogens with one attached hydrogen (secondary N) is 1. The number of hydrogen-bond donors (Lipinski definition) is 1. The minimum Gasteiger partial charge on any atom is -0.310 e. The average molecular weight is 269 g/mol. The van der Waals surface area contributed by atoms with Crippen molar-refractivity contribution in [1.29, 1.82) is 0 Å². The number of piperidine rings is 1. The fourth-order valence-corrected chi connectivity index (χ4v) is 2.95. The van der Waals surface area contributed by atoms with Gasteiger partial charge in [0.25, 0.3) is 0 Å². The van der Waals surface area contributed by atoms with Gasteiger partial charge in [-0.15, -0.1) is 0 Å². The van der Waals surface area contributed by atoms with E-state index in [0.29, 0.717) is 0 Å². The molecule has 0 aliphatic carbocycles. The molecular weight excluding hydrogens is 246 g/mol. The van der Waals surface area contributed by atoms with Crippen LogP contribution >= 0.6 is 0 Å². The third kappa shape index (κ3) is 3.35. The van der Waals surface area contributed by atoms with Gasteiger partial charge < -0.3 is 10.2 Å². The van der Waals surface area contributed by atoms with Crippen LogP contribution in [0.5, 0.6) is 0 Å². The molecule has 1 fully saturated rings. The molecule has 1 aromatic heterocycles. The number of fused-ring (bicyclic) bond motifs is 1. The topological polar surface area (TPSA) is 28.2 Å². The van der Waals surface area contributed by atoms with Crippen molar-refractivity contribution >= 4 is 10.8 Å². The highest BCUT2D eigenvalue weighted by molar-refractivity contribution is 5.84. The number of nitrogens with zero attached hydrogens (tertiary/aromatic N) is 2. The van der Waals surface area contributed by atoms with Crippen molar-refractivity contribution in [3.8, 4) is 0 Å². The lowest BCUT2D eigenvalue weighted by molar-refractivity contribution is 0.229.